The Kier molecular flexibility index (Phi) is 3.60. The molecule has 0 aliphatic heterocycles. The van der Waals surface area contributed by atoms with Gasteiger partial charge >= 0.3 is 0 Å². The van der Waals surface area contributed by atoms with E-state index in [2.05, 4.69) is 10.3 Å². The minimum absolute atomic E-state index is 0.651. The average Bonchev–Trinajstić information content (AvgIpc) is 2.51. The minimum atomic E-state index is 0.651. The Balaban J connectivity index is 1.98. The third-order valence-corrected chi connectivity index (χ3v) is 3.28. The fourth-order valence-corrected chi connectivity index (χ4v) is 2.31. The van der Waals surface area contributed by atoms with Crippen molar-refractivity contribution in [3.8, 4) is 5.75 Å². The van der Waals surface area contributed by atoms with Gasteiger partial charge in [0.25, 0.3) is 0 Å². The summed E-state index contributed by atoms with van der Waals surface area (Å²) in [7, 11) is 0. The van der Waals surface area contributed by atoms with E-state index in [1.807, 2.05) is 55.6 Å². The van der Waals surface area contributed by atoms with Gasteiger partial charge in [0.05, 0.1) is 6.61 Å². The van der Waals surface area contributed by atoms with E-state index >= 15 is 0 Å². The molecular formula is C17H17N3O. The number of fused-ring (bicyclic) bond motifs is 1. The molecule has 0 radical (unpaired) electrons. The molecule has 1 heterocycles. The van der Waals surface area contributed by atoms with Crippen LogP contribution >= 0.6 is 0 Å². The van der Waals surface area contributed by atoms with Gasteiger partial charge < -0.3 is 15.8 Å². The Morgan fingerprint density at radius 1 is 1.14 bits per heavy atom. The van der Waals surface area contributed by atoms with Gasteiger partial charge in [-0.3, -0.25) is 4.98 Å². The summed E-state index contributed by atoms with van der Waals surface area (Å²) in [4.78, 5) is 4.18. The number of nitrogens with one attached hydrogen (secondary N) is 1. The van der Waals surface area contributed by atoms with Crippen molar-refractivity contribution in [2.45, 2.75) is 6.92 Å². The van der Waals surface area contributed by atoms with Gasteiger partial charge in [0.15, 0.2) is 0 Å². The van der Waals surface area contributed by atoms with Crippen LogP contribution in [-0.2, 0) is 0 Å². The highest BCUT2D eigenvalue weighted by Crippen LogP contribution is 2.30. The van der Waals surface area contributed by atoms with Crippen LogP contribution in [0.15, 0.2) is 54.9 Å². The summed E-state index contributed by atoms with van der Waals surface area (Å²) < 4.78 is 5.52. The average molecular weight is 279 g/mol. The van der Waals surface area contributed by atoms with Gasteiger partial charge in [-0.2, -0.15) is 0 Å². The largest absolute Gasteiger partial charge is 0.494 e. The molecule has 3 rings (SSSR count). The summed E-state index contributed by atoms with van der Waals surface area (Å²) in [5.41, 5.74) is 8.70. The van der Waals surface area contributed by atoms with Gasteiger partial charge in [-0.05, 0) is 37.3 Å². The number of nitrogens with two attached hydrogens (primary N) is 1. The van der Waals surface area contributed by atoms with Crippen molar-refractivity contribution in [2.75, 3.05) is 17.7 Å². The minimum Gasteiger partial charge on any atom is -0.494 e. The Hall–Kier alpha value is -2.75. The van der Waals surface area contributed by atoms with E-state index in [-0.39, 0.29) is 0 Å². The highest BCUT2D eigenvalue weighted by Gasteiger charge is 2.05. The predicted molar refractivity (Wildman–Crippen MR) is 87.0 cm³/mol. The van der Waals surface area contributed by atoms with Crippen molar-refractivity contribution in [1.29, 1.82) is 0 Å². The number of rotatable bonds is 4. The molecule has 0 saturated heterocycles. The van der Waals surface area contributed by atoms with E-state index in [0.717, 1.165) is 33.6 Å². The lowest BCUT2D eigenvalue weighted by molar-refractivity contribution is 0.340. The van der Waals surface area contributed by atoms with Crippen LogP contribution in [0.25, 0.3) is 10.8 Å². The van der Waals surface area contributed by atoms with Crippen molar-refractivity contribution in [1.82, 2.24) is 4.98 Å². The van der Waals surface area contributed by atoms with Crippen molar-refractivity contribution in [3.63, 3.8) is 0 Å². The number of aromatic nitrogens is 1. The van der Waals surface area contributed by atoms with Crippen LogP contribution in [0.4, 0.5) is 17.1 Å². The SMILES string of the molecule is CCOc1cccc(Nc2ccc(N)c3ccncc23)c1. The van der Waals surface area contributed by atoms with Crippen molar-refractivity contribution < 1.29 is 4.74 Å². The van der Waals surface area contributed by atoms with Crippen LogP contribution in [0.2, 0.25) is 0 Å². The molecule has 3 N–H and O–H groups in total. The molecule has 4 heteroatoms. The Morgan fingerprint density at radius 2 is 2.05 bits per heavy atom. The number of nitrogens with zero attached hydrogens (tertiary/aromatic N) is 1. The molecule has 21 heavy (non-hydrogen) atoms. The first kappa shape index (κ1) is 13.2. The number of hydrogen-bond donors (Lipinski definition) is 2. The van der Waals surface area contributed by atoms with Crippen LogP contribution < -0.4 is 15.8 Å². The summed E-state index contributed by atoms with van der Waals surface area (Å²) in [6, 6.07) is 13.7. The molecule has 0 aliphatic rings. The predicted octanol–water partition coefficient (Wildman–Crippen LogP) is 3.96. The van der Waals surface area contributed by atoms with E-state index in [1.165, 1.54) is 0 Å². The van der Waals surface area contributed by atoms with Gasteiger partial charge in [0, 0.05) is 46.3 Å². The fourth-order valence-electron chi connectivity index (χ4n) is 2.31. The van der Waals surface area contributed by atoms with Gasteiger partial charge in [0.1, 0.15) is 5.75 Å². The maximum Gasteiger partial charge on any atom is 0.121 e. The smallest absolute Gasteiger partial charge is 0.121 e. The molecule has 0 fully saturated rings. The molecule has 0 atom stereocenters. The molecule has 0 unspecified atom stereocenters. The molecule has 0 amide bonds. The summed E-state index contributed by atoms with van der Waals surface area (Å²) in [5, 5.41) is 5.39. The standard InChI is InChI=1S/C17H17N3O/c1-2-21-13-5-3-4-12(10-13)20-17-7-6-16(18)14-8-9-19-11-15(14)17/h3-11,20H,2,18H2,1H3. The second-order valence-electron chi connectivity index (χ2n) is 4.71. The van der Waals surface area contributed by atoms with Crippen molar-refractivity contribution in [2.24, 2.45) is 0 Å². The monoisotopic (exact) mass is 279 g/mol. The van der Waals surface area contributed by atoms with Gasteiger partial charge in [-0.15, -0.1) is 0 Å². The molecular weight excluding hydrogens is 262 g/mol. The molecule has 4 nitrogen and oxygen atoms in total. The van der Waals surface area contributed by atoms with Gasteiger partial charge in [-0.1, -0.05) is 6.07 Å². The molecule has 106 valence electrons. The second kappa shape index (κ2) is 5.71. The van der Waals surface area contributed by atoms with E-state index in [0.29, 0.717) is 6.61 Å². The molecule has 0 bridgehead atoms. The van der Waals surface area contributed by atoms with Gasteiger partial charge in [-0.25, -0.2) is 0 Å². The molecule has 0 saturated carbocycles. The molecule has 3 aromatic rings. The number of ether oxygens (including phenoxy) is 1. The number of anilines is 3. The number of benzene rings is 2. The van der Waals surface area contributed by atoms with Crippen molar-refractivity contribution in [3.05, 3.63) is 54.9 Å². The lowest BCUT2D eigenvalue weighted by atomic mass is 10.1. The molecule has 1 aromatic heterocycles. The van der Waals surface area contributed by atoms with Crippen LogP contribution in [0.3, 0.4) is 0 Å². The third kappa shape index (κ3) is 2.74. The van der Waals surface area contributed by atoms with E-state index < -0.39 is 0 Å². The highest BCUT2D eigenvalue weighted by atomic mass is 16.5. The van der Waals surface area contributed by atoms with Crippen LogP contribution in [-0.4, -0.2) is 11.6 Å². The normalized spacial score (nSPS) is 10.5. The first-order valence-electron chi connectivity index (χ1n) is 6.90. The quantitative estimate of drug-likeness (QED) is 0.710. The molecule has 2 aromatic carbocycles. The van der Waals surface area contributed by atoms with E-state index in [9.17, 15) is 0 Å². The first-order chi connectivity index (χ1) is 10.3. The lowest BCUT2D eigenvalue weighted by Crippen LogP contribution is -1.96. The molecule has 0 aliphatic carbocycles. The number of pyridine rings is 1. The summed E-state index contributed by atoms with van der Waals surface area (Å²) in [6.07, 6.45) is 3.57. The second-order valence-corrected chi connectivity index (χ2v) is 4.71. The van der Waals surface area contributed by atoms with Crippen LogP contribution in [0.5, 0.6) is 5.75 Å². The zero-order valence-electron chi connectivity index (χ0n) is 11.8. The fraction of sp³-hybridized carbons (Fsp3) is 0.118. The van der Waals surface area contributed by atoms with E-state index in [4.69, 9.17) is 10.5 Å². The summed E-state index contributed by atoms with van der Waals surface area (Å²) in [5.74, 6) is 0.848. The number of hydrogen-bond acceptors (Lipinski definition) is 4. The summed E-state index contributed by atoms with van der Waals surface area (Å²) in [6.45, 7) is 2.62. The zero-order valence-corrected chi connectivity index (χ0v) is 11.8. The zero-order chi connectivity index (χ0) is 14.7. The first-order valence-corrected chi connectivity index (χ1v) is 6.90. The molecule has 0 spiro atoms. The maximum absolute atomic E-state index is 6.01. The Bertz CT molecular complexity index is 771. The topological polar surface area (TPSA) is 60.2 Å². The summed E-state index contributed by atoms with van der Waals surface area (Å²) >= 11 is 0. The lowest BCUT2D eigenvalue weighted by Gasteiger charge is -2.12. The highest BCUT2D eigenvalue weighted by molar-refractivity contribution is 6.01. The Morgan fingerprint density at radius 3 is 2.90 bits per heavy atom. The number of nitrogen functional groups attached to an aromatic ring is 1. The van der Waals surface area contributed by atoms with Gasteiger partial charge in [0.2, 0.25) is 0 Å². The van der Waals surface area contributed by atoms with Crippen LogP contribution in [0.1, 0.15) is 6.92 Å². The Labute approximate surface area is 123 Å². The maximum atomic E-state index is 6.01. The van der Waals surface area contributed by atoms with Crippen molar-refractivity contribution >= 4 is 27.8 Å². The third-order valence-electron chi connectivity index (χ3n) is 3.28. The van der Waals surface area contributed by atoms with Crippen LogP contribution in [0, 0.1) is 0 Å². The van der Waals surface area contributed by atoms with E-state index in [1.54, 1.807) is 6.20 Å².